The summed E-state index contributed by atoms with van der Waals surface area (Å²) in [6.07, 6.45) is 2.24. The SMILES string of the molecule is CC(C)(C#N)c1cc(F)c[n+](O)c1. The van der Waals surface area contributed by atoms with Crippen molar-refractivity contribution in [1.29, 1.82) is 5.26 Å². The van der Waals surface area contributed by atoms with Gasteiger partial charge in [0.25, 0.3) is 6.20 Å². The van der Waals surface area contributed by atoms with Crippen LogP contribution in [0, 0.1) is 17.1 Å². The number of rotatable bonds is 1. The maximum Gasteiger partial charge on any atom is 0.257 e. The number of nitriles is 1. The lowest BCUT2D eigenvalue weighted by Gasteiger charge is -2.12. The van der Waals surface area contributed by atoms with Crippen molar-refractivity contribution in [2.45, 2.75) is 19.3 Å². The van der Waals surface area contributed by atoms with Crippen molar-refractivity contribution in [3.8, 4) is 6.07 Å². The Balaban J connectivity index is 3.25. The Kier molecular flexibility index (Phi) is 2.20. The van der Waals surface area contributed by atoms with Gasteiger partial charge < -0.3 is 0 Å². The number of hydrogen-bond donors (Lipinski definition) is 1. The third-order valence-corrected chi connectivity index (χ3v) is 1.82. The minimum atomic E-state index is -0.799. The highest BCUT2D eigenvalue weighted by Gasteiger charge is 2.24. The normalized spacial score (nSPS) is 10.9. The van der Waals surface area contributed by atoms with Crippen LogP contribution in [0.4, 0.5) is 4.39 Å². The minimum absolute atomic E-state index is 0.442. The van der Waals surface area contributed by atoms with Gasteiger partial charge in [-0.3, -0.25) is 5.21 Å². The van der Waals surface area contributed by atoms with Crippen LogP contribution in [-0.4, -0.2) is 5.21 Å². The molecule has 0 saturated heterocycles. The smallest absolute Gasteiger partial charge is 0.257 e. The molecule has 3 nitrogen and oxygen atoms in total. The summed E-state index contributed by atoms with van der Waals surface area (Å²) >= 11 is 0. The third kappa shape index (κ3) is 1.94. The minimum Gasteiger partial charge on any atom is -0.285 e. The fourth-order valence-corrected chi connectivity index (χ4v) is 0.936. The predicted molar refractivity (Wildman–Crippen MR) is 42.4 cm³/mol. The van der Waals surface area contributed by atoms with Crippen LogP contribution in [0.15, 0.2) is 18.5 Å². The Morgan fingerprint density at radius 3 is 2.62 bits per heavy atom. The standard InChI is InChI=1S/C9H10FN2O/c1-9(2,6-11)7-3-8(10)5-12(13)4-7/h3-5,13H,1-2H3/q+1. The fourth-order valence-electron chi connectivity index (χ4n) is 0.936. The lowest BCUT2D eigenvalue weighted by Crippen LogP contribution is -2.32. The zero-order valence-corrected chi connectivity index (χ0v) is 7.45. The van der Waals surface area contributed by atoms with Crippen molar-refractivity contribution >= 4 is 0 Å². The van der Waals surface area contributed by atoms with Gasteiger partial charge in [0.1, 0.15) is 0 Å². The summed E-state index contributed by atoms with van der Waals surface area (Å²) in [5, 5.41) is 17.8. The molecule has 1 heterocycles. The Morgan fingerprint density at radius 1 is 1.54 bits per heavy atom. The van der Waals surface area contributed by atoms with E-state index in [0.717, 1.165) is 6.20 Å². The third-order valence-electron chi connectivity index (χ3n) is 1.82. The van der Waals surface area contributed by atoms with Gasteiger partial charge in [-0.2, -0.15) is 5.26 Å². The molecular weight excluding hydrogens is 171 g/mol. The van der Waals surface area contributed by atoms with Gasteiger partial charge in [-0.25, -0.2) is 4.39 Å². The largest absolute Gasteiger partial charge is 0.285 e. The number of nitrogens with zero attached hydrogens (tertiary/aromatic N) is 2. The Morgan fingerprint density at radius 2 is 2.15 bits per heavy atom. The Bertz CT molecular complexity index is 348. The summed E-state index contributed by atoms with van der Waals surface area (Å²) in [5.41, 5.74) is -0.357. The molecule has 0 atom stereocenters. The molecule has 0 aromatic carbocycles. The average molecular weight is 181 g/mol. The topological polar surface area (TPSA) is 47.9 Å². The Hall–Kier alpha value is -1.63. The molecule has 0 spiro atoms. The van der Waals surface area contributed by atoms with Crippen LogP contribution in [-0.2, 0) is 5.41 Å². The molecule has 0 bridgehead atoms. The van der Waals surface area contributed by atoms with Gasteiger partial charge in [0.15, 0.2) is 5.82 Å². The highest BCUT2D eigenvalue weighted by molar-refractivity contribution is 5.25. The molecular formula is C9H10FN2O+. The maximum absolute atomic E-state index is 12.8. The molecule has 1 aromatic rings. The van der Waals surface area contributed by atoms with E-state index < -0.39 is 11.2 Å². The lowest BCUT2D eigenvalue weighted by atomic mass is 9.88. The van der Waals surface area contributed by atoms with Crippen molar-refractivity contribution in [3.05, 3.63) is 29.8 Å². The molecule has 0 unspecified atom stereocenters. The second-order valence-corrected chi connectivity index (χ2v) is 3.36. The molecule has 0 aliphatic carbocycles. The van der Waals surface area contributed by atoms with E-state index in [4.69, 9.17) is 10.5 Å². The van der Waals surface area contributed by atoms with Crippen LogP contribution in [0.1, 0.15) is 19.4 Å². The van der Waals surface area contributed by atoms with Gasteiger partial charge in [0.2, 0.25) is 6.20 Å². The highest BCUT2D eigenvalue weighted by atomic mass is 19.1. The molecule has 68 valence electrons. The van der Waals surface area contributed by atoms with Crippen molar-refractivity contribution < 1.29 is 14.3 Å². The number of hydrogen-bond acceptors (Lipinski definition) is 2. The zero-order valence-electron chi connectivity index (χ0n) is 7.45. The number of aromatic nitrogens is 1. The predicted octanol–water partition coefficient (Wildman–Crippen LogP) is 1.15. The van der Waals surface area contributed by atoms with Gasteiger partial charge in [-0.15, -0.1) is 0 Å². The van der Waals surface area contributed by atoms with Crippen molar-refractivity contribution in [3.63, 3.8) is 0 Å². The van der Waals surface area contributed by atoms with E-state index in [0.29, 0.717) is 10.3 Å². The molecule has 1 rings (SSSR count). The van der Waals surface area contributed by atoms with Crippen molar-refractivity contribution in [2.24, 2.45) is 0 Å². The fraction of sp³-hybridized carbons (Fsp3) is 0.333. The maximum atomic E-state index is 12.8. The van der Waals surface area contributed by atoms with Crippen molar-refractivity contribution in [1.82, 2.24) is 0 Å². The van der Waals surface area contributed by atoms with Crippen LogP contribution in [0.25, 0.3) is 0 Å². The summed E-state index contributed by atoms with van der Waals surface area (Å²) in [5.74, 6) is -0.566. The summed E-state index contributed by atoms with van der Waals surface area (Å²) in [4.78, 5) is 0. The van der Waals surface area contributed by atoms with E-state index in [1.54, 1.807) is 13.8 Å². The first-order valence-electron chi connectivity index (χ1n) is 3.78. The first-order valence-corrected chi connectivity index (χ1v) is 3.78. The van der Waals surface area contributed by atoms with Crippen LogP contribution in [0.2, 0.25) is 0 Å². The van der Waals surface area contributed by atoms with Crippen LogP contribution in [0.5, 0.6) is 0 Å². The lowest BCUT2D eigenvalue weighted by molar-refractivity contribution is -0.906. The van der Waals surface area contributed by atoms with Crippen LogP contribution >= 0.6 is 0 Å². The van der Waals surface area contributed by atoms with Gasteiger partial charge in [-0.1, -0.05) is 0 Å². The molecule has 0 aliphatic heterocycles. The van der Waals surface area contributed by atoms with Crippen LogP contribution < -0.4 is 4.73 Å². The van der Waals surface area contributed by atoms with Crippen molar-refractivity contribution in [2.75, 3.05) is 0 Å². The molecule has 4 heteroatoms. The first kappa shape index (κ1) is 9.46. The first-order chi connectivity index (χ1) is 5.95. The molecule has 0 aliphatic rings. The summed E-state index contributed by atoms with van der Waals surface area (Å²) in [7, 11) is 0. The van der Waals surface area contributed by atoms with Gasteiger partial charge >= 0.3 is 0 Å². The molecule has 1 N–H and O–H groups in total. The summed E-state index contributed by atoms with van der Waals surface area (Å²) < 4.78 is 13.4. The highest BCUT2D eigenvalue weighted by Crippen LogP contribution is 2.20. The zero-order chi connectivity index (χ0) is 10.1. The quantitative estimate of drug-likeness (QED) is 0.522. The number of pyridine rings is 1. The Labute approximate surface area is 75.6 Å². The van der Waals surface area contributed by atoms with E-state index in [9.17, 15) is 4.39 Å². The van der Waals surface area contributed by atoms with E-state index in [1.165, 1.54) is 12.3 Å². The summed E-state index contributed by atoms with van der Waals surface area (Å²) in [6.45, 7) is 3.31. The van der Waals surface area contributed by atoms with Gasteiger partial charge in [-0.05, 0) is 19.9 Å². The monoisotopic (exact) mass is 181 g/mol. The summed E-state index contributed by atoms with van der Waals surface area (Å²) in [6, 6.07) is 3.25. The van der Waals surface area contributed by atoms with E-state index in [-0.39, 0.29) is 0 Å². The van der Waals surface area contributed by atoms with E-state index in [1.807, 2.05) is 6.07 Å². The van der Waals surface area contributed by atoms with Crippen LogP contribution in [0.3, 0.4) is 0 Å². The average Bonchev–Trinajstić information content (AvgIpc) is 2.02. The number of halogens is 1. The molecule has 0 radical (unpaired) electrons. The van der Waals surface area contributed by atoms with Gasteiger partial charge in [0, 0.05) is 10.3 Å². The molecule has 0 fully saturated rings. The second kappa shape index (κ2) is 3.02. The molecule has 0 saturated carbocycles. The molecule has 0 amide bonds. The molecule has 1 aromatic heterocycles. The second-order valence-electron chi connectivity index (χ2n) is 3.36. The van der Waals surface area contributed by atoms with E-state index >= 15 is 0 Å². The van der Waals surface area contributed by atoms with E-state index in [2.05, 4.69) is 0 Å². The molecule has 13 heavy (non-hydrogen) atoms. The van der Waals surface area contributed by atoms with Gasteiger partial charge in [0.05, 0.1) is 11.5 Å².